The van der Waals surface area contributed by atoms with E-state index in [1.807, 2.05) is 0 Å². The van der Waals surface area contributed by atoms with Crippen molar-refractivity contribution in [1.82, 2.24) is 4.72 Å². The van der Waals surface area contributed by atoms with Gasteiger partial charge in [0, 0.05) is 16.6 Å². The van der Waals surface area contributed by atoms with Crippen LogP contribution in [0.15, 0.2) is 41.3 Å². The molecule has 0 aliphatic heterocycles. The SMILES string of the molecule is CC(NS(=O)(=O)c1ccc(C(N)=O)cc1)c1cc(F)c(Cl)cc1Cl. The highest BCUT2D eigenvalue weighted by atomic mass is 35.5. The molecule has 0 aliphatic carbocycles. The first kappa shape index (κ1) is 18.7. The van der Waals surface area contributed by atoms with Crippen molar-refractivity contribution < 1.29 is 17.6 Å². The molecule has 0 radical (unpaired) electrons. The van der Waals surface area contributed by atoms with E-state index in [0.717, 1.165) is 6.07 Å². The molecular weight excluding hydrogens is 378 g/mol. The lowest BCUT2D eigenvalue weighted by molar-refractivity contribution is 0.1000. The summed E-state index contributed by atoms with van der Waals surface area (Å²) in [5, 5.41) is -0.0125. The summed E-state index contributed by atoms with van der Waals surface area (Å²) >= 11 is 11.6. The molecule has 1 amide bonds. The van der Waals surface area contributed by atoms with Crippen molar-refractivity contribution in [1.29, 1.82) is 0 Å². The van der Waals surface area contributed by atoms with Crippen LogP contribution < -0.4 is 10.5 Å². The van der Waals surface area contributed by atoms with Gasteiger partial charge >= 0.3 is 0 Å². The van der Waals surface area contributed by atoms with E-state index >= 15 is 0 Å². The number of carbonyl (C=O) groups is 1. The Balaban J connectivity index is 2.28. The normalized spacial score (nSPS) is 12.8. The zero-order chi connectivity index (χ0) is 18.1. The topological polar surface area (TPSA) is 89.3 Å². The highest BCUT2D eigenvalue weighted by molar-refractivity contribution is 7.89. The van der Waals surface area contributed by atoms with E-state index in [4.69, 9.17) is 28.9 Å². The number of primary amides is 1. The molecule has 0 bridgehead atoms. The van der Waals surface area contributed by atoms with Gasteiger partial charge in [-0.2, -0.15) is 0 Å². The van der Waals surface area contributed by atoms with E-state index in [0.29, 0.717) is 0 Å². The van der Waals surface area contributed by atoms with Gasteiger partial charge in [-0.05, 0) is 48.9 Å². The average Bonchev–Trinajstić information content (AvgIpc) is 2.50. The van der Waals surface area contributed by atoms with Crippen molar-refractivity contribution in [2.24, 2.45) is 5.73 Å². The van der Waals surface area contributed by atoms with Gasteiger partial charge in [-0.1, -0.05) is 23.2 Å². The van der Waals surface area contributed by atoms with Gasteiger partial charge in [0.05, 0.1) is 9.92 Å². The molecule has 24 heavy (non-hydrogen) atoms. The molecule has 0 aromatic heterocycles. The Morgan fingerprint density at radius 3 is 2.29 bits per heavy atom. The van der Waals surface area contributed by atoms with Gasteiger partial charge in [-0.25, -0.2) is 17.5 Å². The van der Waals surface area contributed by atoms with E-state index in [1.54, 1.807) is 0 Å². The molecule has 1 unspecified atom stereocenters. The predicted molar refractivity (Wildman–Crippen MR) is 90.1 cm³/mol. The first-order valence-corrected chi connectivity index (χ1v) is 8.92. The second-order valence-electron chi connectivity index (χ2n) is 5.02. The largest absolute Gasteiger partial charge is 0.366 e. The Hall–Kier alpha value is -1.67. The van der Waals surface area contributed by atoms with Crippen molar-refractivity contribution in [2.45, 2.75) is 17.9 Å². The number of nitrogens with two attached hydrogens (primary N) is 1. The van der Waals surface area contributed by atoms with Crippen LogP contribution in [0.3, 0.4) is 0 Å². The Morgan fingerprint density at radius 1 is 1.17 bits per heavy atom. The third-order valence-electron chi connectivity index (χ3n) is 3.29. The van der Waals surface area contributed by atoms with E-state index in [2.05, 4.69) is 4.72 Å². The molecule has 2 aromatic carbocycles. The number of halogens is 3. The maximum Gasteiger partial charge on any atom is 0.248 e. The fourth-order valence-electron chi connectivity index (χ4n) is 2.03. The number of nitrogens with one attached hydrogen (secondary N) is 1. The summed E-state index contributed by atoms with van der Waals surface area (Å²) in [5.41, 5.74) is 5.54. The second kappa shape index (κ2) is 7.06. The minimum atomic E-state index is -3.91. The van der Waals surface area contributed by atoms with E-state index in [-0.39, 0.29) is 26.1 Å². The van der Waals surface area contributed by atoms with Crippen molar-refractivity contribution in [2.75, 3.05) is 0 Å². The van der Waals surface area contributed by atoms with Crippen molar-refractivity contribution in [3.05, 3.63) is 63.4 Å². The molecule has 3 N–H and O–H groups in total. The van der Waals surface area contributed by atoms with E-state index < -0.39 is 27.8 Å². The van der Waals surface area contributed by atoms with Gasteiger partial charge < -0.3 is 5.73 Å². The van der Waals surface area contributed by atoms with E-state index in [1.165, 1.54) is 37.3 Å². The standard InChI is InChI=1S/C15H13Cl2FN2O3S/c1-8(11-6-14(18)13(17)7-12(11)16)20-24(22,23)10-4-2-9(3-5-10)15(19)21/h2-8,20H,1H3,(H2,19,21). The molecule has 128 valence electrons. The van der Waals surface area contributed by atoms with Gasteiger partial charge in [0.2, 0.25) is 15.9 Å². The van der Waals surface area contributed by atoms with Crippen LogP contribution >= 0.6 is 23.2 Å². The monoisotopic (exact) mass is 390 g/mol. The number of rotatable bonds is 5. The average molecular weight is 391 g/mol. The number of sulfonamides is 1. The zero-order valence-electron chi connectivity index (χ0n) is 12.4. The maximum absolute atomic E-state index is 13.6. The lowest BCUT2D eigenvalue weighted by atomic mass is 10.1. The fourth-order valence-corrected chi connectivity index (χ4v) is 3.80. The van der Waals surface area contributed by atoms with Crippen LogP contribution in [0.1, 0.15) is 28.9 Å². The Morgan fingerprint density at radius 2 is 1.75 bits per heavy atom. The highest BCUT2D eigenvalue weighted by Crippen LogP contribution is 2.29. The highest BCUT2D eigenvalue weighted by Gasteiger charge is 2.21. The van der Waals surface area contributed by atoms with Crippen LogP contribution in [0.25, 0.3) is 0 Å². The zero-order valence-corrected chi connectivity index (χ0v) is 14.7. The molecule has 0 heterocycles. The molecule has 0 spiro atoms. The van der Waals surface area contributed by atoms with Crippen LogP contribution in [0.5, 0.6) is 0 Å². The second-order valence-corrected chi connectivity index (χ2v) is 7.55. The third-order valence-corrected chi connectivity index (χ3v) is 5.46. The first-order chi connectivity index (χ1) is 11.1. The van der Waals surface area contributed by atoms with Crippen molar-refractivity contribution in [3.63, 3.8) is 0 Å². The van der Waals surface area contributed by atoms with Gasteiger partial charge in [0.1, 0.15) is 5.82 Å². The van der Waals surface area contributed by atoms with Gasteiger partial charge in [-0.3, -0.25) is 4.79 Å². The molecule has 2 aromatic rings. The summed E-state index contributed by atoms with van der Waals surface area (Å²) in [6.07, 6.45) is 0. The van der Waals surface area contributed by atoms with Crippen molar-refractivity contribution in [3.8, 4) is 0 Å². The minimum absolute atomic E-state index is 0.0649. The molecule has 1 atom stereocenters. The van der Waals surface area contributed by atoms with Crippen LogP contribution in [0.2, 0.25) is 10.0 Å². The quantitative estimate of drug-likeness (QED) is 0.767. The van der Waals surface area contributed by atoms with Gasteiger partial charge in [-0.15, -0.1) is 0 Å². The molecule has 0 aliphatic rings. The Labute approximate surface area is 148 Å². The number of benzene rings is 2. The summed E-state index contributed by atoms with van der Waals surface area (Å²) in [7, 11) is -3.91. The molecular formula is C15H13Cl2FN2O3S. The van der Waals surface area contributed by atoms with Crippen LogP contribution in [0, 0.1) is 5.82 Å². The summed E-state index contributed by atoms with van der Waals surface area (Å²) in [6, 6.07) is 6.59. The fraction of sp³-hybridized carbons (Fsp3) is 0.133. The van der Waals surface area contributed by atoms with Crippen LogP contribution in [-0.2, 0) is 10.0 Å². The number of carbonyl (C=O) groups excluding carboxylic acids is 1. The number of hydrogen-bond donors (Lipinski definition) is 2. The lowest BCUT2D eigenvalue weighted by Crippen LogP contribution is -2.27. The van der Waals surface area contributed by atoms with Crippen LogP contribution in [-0.4, -0.2) is 14.3 Å². The predicted octanol–water partition coefficient (Wildman–Crippen LogP) is 3.27. The number of hydrogen-bond acceptors (Lipinski definition) is 3. The Bertz CT molecular complexity index is 886. The summed E-state index contributed by atoms with van der Waals surface area (Å²) in [6.45, 7) is 1.52. The molecule has 0 saturated carbocycles. The van der Waals surface area contributed by atoms with Gasteiger partial charge in [0.25, 0.3) is 0 Å². The molecule has 5 nitrogen and oxygen atoms in total. The number of amides is 1. The molecule has 0 fully saturated rings. The van der Waals surface area contributed by atoms with Gasteiger partial charge in [0.15, 0.2) is 0 Å². The first-order valence-electron chi connectivity index (χ1n) is 6.68. The van der Waals surface area contributed by atoms with Crippen molar-refractivity contribution >= 4 is 39.1 Å². The smallest absolute Gasteiger partial charge is 0.248 e. The molecule has 0 saturated heterocycles. The summed E-state index contributed by atoms with van der Waals surface area (Å²) < 4.78 is 40.7. The Kier molecular flexibility index (Phi) is 5.49. The lowest BCUT2D eigenvalue weighted by Gasteiger charge is -2.16. The molecule has 9 heteroatoms. The minimum Gasteiger partial charge on any atom is -0.366 e. The summed E-state index contributed by atoms with van der Waals surface area (Å²) in [4.78, 5) is 11.0. The van der Waals surface area contributed by atoms with Crippen LogP contribution in [0.4, 0.5) is 4.39 Å². The third kappa shape index (κ3) is 4.05. The maximum atomic E-state index is 13.6. The summed E-state index contributed by atoms with van der Waals surface area (Å²) in [5.74, 6) is -1.36. The van der Waals surface area contributed by atoms with E-state index in [9.17, 15) is 17.6 Å². The molecule has 2 rings (SSSR count).